The van der Waals surface area contributed by atoms with E-state index in [0.29, 0.717) is 36.7 Å². The first kappa shape index (κ1) is 15.6. The minimum Gasteiger partial charge on any atom is -0.492 e. The average molecular weight is 309 g/mol. The molecule has 0 spiro atoms. The summed E-state index contributed by atoms with van der Waals surface area (Å²) in [6.07, 6.45) is 2.97. The van der Waals surface area contributed by atoms with Crippen LogP contribution in [0.25, 0.3) is 0 Å². The van der Waals surface area contributed by atoms with Gasteiger partial charge < -0.3 is 10.5 Å². The Morgan fingerprint density at radius 1 is 1.52 bits per heavy atom. The minimum atomic E-state index is -3.15. The normalized spacial score (nSPS) is 19.9. The fraction of sp³-hybridized carbons (Fsp3) is 0.500. The van der Waals surface area contributed by atoms with Crippen molar-refractivity contribution in [1.82, 2.24) is 4.31 Å². The van der Waals surface area contributed by atoms with Gasteiger partial charge in [0.2, 0.25) is 10.0 Å². The topological polar surface area (TPSA) is 96.4 Å². The van der Waals surface area contributed by atoms with Gasteiger partial charge in [0, 0.05) is 24.7 Å². The summed E-state index contributed by atoms with van der Waals surface area (Å²) in [5, 5.41) is 9.06. The molecule has 2 rings (SSSR count). The van der Waals surface area contributed by atoms with E-state index < -0.39 is 10.0 Å². The average Bonchev–Trinajstić information content (AvgIpc) is 2.45. The molecule has 0 aromatic heterocycles. The van der Waals surface area contributed by atoms with Crippen molar-refractivity contribution >= 4 is 15.7 Å². The van der Waals surface area contributed by atoms with Gasteiger partial charge in [0.25, 0.3) is 0 Å². The molecule has 0 saturated carbocycles. The van der Waals surface area contributed by atoms with Crippen molar-refractivity contribution in [1.29, 1.82) is 5.26 Å². The Labute approximate surface area is 125 Å². The lowest BCUT2D eigenvalue weighted by Gasteiger charge is -2.30. The van der Waals surface area contributed by atoms with Crippen LogP contribution in [-0.4, -0.2) is 38.7 Å². The lowest BCUT2D eigenvalue weighted by Crippen LogP contribution is -2.40. The van der Waals surface area contributed by atoms with Gasteiger partial charge >= 0.3 is 0 Å². The predicted octanol–water partition coefficient (Wildman–Crippen LogP) is 1.19. The van der Waals surface area contributed by atoms with E-state index in [0.717, 1.165) is 12.8 Å². The molecule has 1 aromatic carbocycles. The van der Waals surface area contributed by atoms with E-state index in [1.807, 2.05) is 6.07 Å². The monoisotopic (exact) mass is 309 g/mol. The zero-order valence-electron chi connectivity index (χ0n) is 11.9. The van der Waals surface area contributed by atoms with Crippen LogP contribution in [0.15, 0.2) is 18.2 Å². The van der Waals surface area contributed by atoms with Gasteiger partial charge in [-0.2, -0.15) is 5.26 Å². The number of sulfonamides is 1. The Morgan fingerprint density at radius 3 is 2.95 bits per heavy atom. The molecular weight excluding hydrogens is 290 g/mol. The van der Waals surface area contributed by atoms with Crippen LogP contribution in [0.4, 0.5) is 5.69 Å². The molecule has 0 radical (unpaired) electrons. The van der Waals surface area contributed by atoms with E-state index in [2.05, 4.69) is 0 Å². The molecule has 7 heteroatoms. The summed E-state index contributed by atoms with van der Waals surface area (Å²) in [4.78, 5) is 0. The zero-order valence-corrected chi connectivity index (χ0v) is 12.8. The van der Waals surface area contributed by atoms with E-state index in [1.54, 1.807) is 18.2 Å². The molecule has 1 unspecified atom stereocenters. The molecule has 114 valence electrons. The molecule has 1 aliphatic heterocycles. The number of ether oxygens (including phenoxy) is 1. The molecule has 0 amide bonds. The molecule has 1 aliphatic rings. The summed E-state index contributed by atoms with van der Waals surface area (Å²) in [5.74, 6) is 0.626. The lowest BCUT2D eigenvalue weighted by atomic mass is 10.0. The van der Waals surface area contributed by atoms with Crippen LogP contribution in [0.5, 0.6) is 5.75 Å². The van der Waals surface area contributed by atoms with Crippen LogP contribution in [-0.2, 0) is 10.0 Å². The number of hydrogen-bond acceptors (Lipinski definition) is 5. The number of nitriles is 1. The highest BCUT2D eigenvalue weighted by Crippen LogP contribution is 2.24. The lowest BCUT2D eigenvalue weighted by molar-refractivity contribution is 0.180. The highest BCUT2D eigenvalue weighted by atomic mass is 32.2. The Hall–Kier alpha value is -1.78. The number of anilines is 1. The van der Waals surface area contributed by atoms with Gasteiger partial charge in [0.05, 0.1) is 18.4 Å². The number of nitrogen functional groups attached to an aromatic ring is 1. The smallest absolute Gasteiger partial charge is 0.211 e. The molecule has 1 saturated heterocycles. The van der Waals surface area contributed by atoms with Gasteiger partial charge in [-0.1, -0.05) is 0 Å². The van der Waals surface area contributed by atoms with E-state index in [4.69, 9.17) is 15.7 Å². The summed E-state index contributed by atoms with van der Waals surface area (Å²) >= 11 is 0. The van der Waals surface area contributed by atoms with Crippen LogP contribution in [0.3, 0.4) is 0 Å². The van der Waals surface area contributed by atoms with Crippen molar-refractivity contribution in [3.63, 3.8) is 0 Å². The largest absolute Gasteiger partial charge is 0.492 e. The van der Waals surface area contributed by atoms with Gasteiger partial charge in [0.15, 0.2) is 0 Å². The van der Waals surface area contributed by atoms with E-state index in [9.17, 15) is 8.42 Å². The maximum absolute atomic E-state index is 11.6. The first-order valence-electron chi connectivity index (χ1n) is 6.77. The molecule has 1 aromatic rings. The second-order valence-electron chi connectivity index (χ2n) is 5.31. The third-order valence-corrected chi connectivity index (χ3v) is 4.82. The molecule has 21 heavy (non-hydrogen) atoms. The molecule has 1 fully saturated rings. The van der Waals surface area contributed by atoms with Crippen LogP contribution in [0.1, 0.15) is 18.4 Å². The molecule has 0 bridgehead atoms. The Bertz CT molecular complexity index is 652. The molecule has 6 nitrogen and oxygen atoms in total. The number of benzene rings is 1. The second kappa shape index (κ2) is 6.33. The minimum absolute atomic E-state index is 0.137. The SMILES string of the molecule is CS(=O)(=O)N1CCCC(COc2ccc(N)cc2C#N)C1. The van der Waals surface area contributed by atoms with E-state index >= 15 is 0 Å². The first-order chi connectivity index (χ1) is 9.90. The highest BCUT2D eigenvalue weighted by molar-refractivity contribution is 7.88. The van der Waals surface area contributed by atoms with E-state index in [-0.39, 0.29) is 5.92 Å². The summed E-state index contributed by atoms with van der Waals surface area (Å²) in [6.45, 7) is 1.43. The zero-order chi connectivity index (χ0) is 15.5. The predicted molar refractivity (Wildman–Crippen MR) is 80.2 cm³/mol. The van der Waals surface area contributed by atoms with Crippen LogP contribution < -0.4 is 10.5 Å². The fourth-order valence-electron chi connectivity index (χ4n) is 2.43. The van der Waals surface area contributed by atoms with Crippen LogP contribution in [0, 0.1) is 17.2 Å². The molecule has 1 atom stereocenters. The maximum Gasteiger partial charge on any atom is 0.211 e. The van der Waals surface area contributed by atoms with Gasteiger partial charge in [-0.05, 0) is 31.0 Å². The molecule has 1 heterocycles. The van der Waals surface area contributed by atoms with Crippen molar-refractivity contribution in [2.45, 2.75) is 12.8 Å². The van der Waals surface area contributed by atoms with Crippen molar-refractivity contribution in [2.75, 3.05) is 31.7 Å². The number of piperidine rings is 1. The quantitative estimate of drug-likeness (QED) is 0.843. The van der Waals surface area contributed by atoms with Crippen LogP contribution >= 0.6 is 0 Å². The number of nitrogens with two attached hydrogens (primary N) is 1. The van der Waals surface area contributed by atoms with Crippen molar-refractivity contribution in [2.24, 2.45) is 5.92 Å². The summed E-state index contributed by atoms with van der Waals surface area (Å²) in [5.41, 5.74) is 6.54. The Balaban J connectivity index is 1.99. The second-order valence-corrected chi connectivity index (χ2v) is 7.29. The number of rotatable bonds is 4. The van der Waals surface area contributed by atoms with Gasteiger partial charge in [-0.3, -0.25) is 0 Å². The molecule has 2 N–H and O–H groups in total. The molecular formula is C14H19N3O3S. The van der Waals surface area contributed by atoms with Gasteiger partial charge in [0.1, 0.15) is 11.8 Å². The summed E-state index contributed by atoms with van der Waals surface area (Å²) in [7, 11) is -3.15. The van der Waals surface area contributed by atoms with Crippen molar-refractivity contribution in [3.8, 4) is 11.8 Å². The van der Waals surface area contributed by atoms with Crippen molar-refractivity contribution < 1.29 is 13.2 Å². The standard InChI is InChI=1S/C14H19N3O3S/c1-21(18,19)17-6-2-3-11(9-17)10-20-14-5-4-13(16)7-12(14)8-15/h4-5,7,11H,2-3,6,9-10,16H2,1H3. The van der Waals surface area contributed by atoms with Crippen LogP contribution in [0.2, 0.25) is 0 Å². The third-order valence-electron chi connectivity index (χ3n) is 3.55. The number of nitrogens with zero attached hydrogens (tertiary/aromatic N) is 2. The molecule has 0 aliphatic carbocycles. The van der Waals surface area contributed by atoms with Gasteiger partial charge in [-0.25, -0.2) is 12.7 Å². The van der Waals surface area contributed by atoms with Crippen molar-refractivity contribution in [3.05, 3.63) is 23.8 Å². The third kappa shape index (κ3) is 4.09. The maximum atomic E-state index is 11.6. The Morgan fingerprint density at radius 2 is 2.29 bits per heavy atom. The van der Waals surface area contributed by atoms with E-state index in [1.165, 1.54) is 10.6 Å². The first-order valence-corrected chi connectivity index (χ1v) is 8.62. The summed E-state index contributed by atoms with van der Waals surface area (Å²) in [6, 6.07) is 6.97. The summed E-state index contributed by atoms with van der Waals surface area (Å²) < 4.78 is 30.3. The fourth-order valence-corrected chi connectivity index (χ4v) is 3.37. The number of hydrogen-bond donors (Lipinski definition) is 1. The Kier molecular flexibility index (Phi) is 4.70. The highest BCUT2D eigenvalue weighted by Gasteiger charge is 2.26. The van der Waals surface area contributed by atoms with Gasteiger partial charge in [-0.15, -0.1) is 0 Å².